The number of amidine groups is 1. The van der Waals surface area contributed by atoms with Gasteiger partial charge in [0.2, 0.25) is 10.0 Å². The first-order chi connectivity index (χ1) is 9.37. The van der Waals surface area contributed by atoms with E-state index in [4.69, 9.17) is 4.74 Å². The summed E-state index contributed by atoms with van der Waals surface area (Å²) < 4.78 is 31.0. The molecular formula is C13H19N3O3S. The van der Waals surface area contributed by atoms with Gasteiger partial charge in [0.1, 0.15) is 18.2 Å². The van der Waals surface area contributed by atoms with Crippen LogP contribution in [0.25, 0.3) is 0 Å². The average molecular weight is 297 g/mol. The smallest absolute Gasteiger partial charge is 0.229 e. The average Bonchev–Trinajstić information content (AvgIpc) is 2.85. The van der Waals surface area contributed by atoms with Crippen LogP contribution >= 0.6 is 0 Å². The molecule has 1 aliphatic rings. The van der Waals surface area contributed by atoms with Crippen LogP contribution in [-0.4, -0.2) is 40.2 Å². The normalized spacial score (nSPS) is 14.7. The molecule has 1 aromatic carbocycles. The molecule has 0 saturated carbocycles. The van der Waals surface area contributed by atoms with Crippen LogP contribution in [0.2, 0.25) is 0 Å². The fraction of sp³-hybridized carbons (Fsp3) is 0.462. The minimum atomic E-state index is -3.31. The highest BCUT2D eigenvalue weighted by molar-refractivity contribution is 7.92. The Morgan fingerprint density at radius 2 is 2.15 bits per heavy atom. The van der Waals surface area contributed by atoms with E-state index in [1.807, 2.05) is 26.0 Å². The van der Waals surface area contributed by atoms with Crippen LogP contribution in [0.5, 0.6) is 5.75 Å². The highest BCUT2D eigenvalue weighted by Gasteiger charge is 2.13. The van der Waals surface area contributed by atoms with E-state index in [1.54, 1.807) is 0 Å². The number of hydrogen-bond acceptors (Lipinski definition) is 5. The zero-order valence-corrected chi connectivity index (χ0v) is 12.7. The molecule has 0 aromatic heterocycles. The molecule has 1 heterocycles. The van der Waals surface area contributed by atoms with Crippen LogP contribution < -0.4 is 14.8 Å². The van der Waals surface area contributed by atoms with Gasteiger partial charge in [-0.2, -0.15) is 0 Å². The van der Waals surface area contributed by atoms with Crippen molar-refractivity contribution in [2.45, 2.75) is 13.8 Å². The molecule has 0 unspecified atom stereocenters. The van der Waals surface area contributed by atoms with Gasteiger partial charge in [-0.15, -0.1) is 0 Å². The molecule has 2 rings (SSSR count). The standard InChI is InChI=1S/C13H19N3O3S/c1-9-4-5-11(19-8-12-14-6-7-15-12)10(2)13(9)16-20(3,17)18/h4-5,16H,6-8H2,1-3H3,(H,14,15). The SMILES string of the molecule is Cc1ccc(OCC2=NCCN2)c(C)c1NS(C)(=O)=O. The van der Waals surface area contributed by atoms with E-state index in [9.17, 15) is 8.42 Å². The Bertz CT molecular complexity index is 639. The first-order valence-corrected chi connectivity index (χ1v) is 8.24. The molecule has 1 aliphatic heterocycles. The van der Waals surface area contributed by atoms with Crippen molar-refractivity contribution in [1.29, 1.82) is 0 Å². The van der Waals surface area contributed by atoms with Crippen LogP contribution in [0.15, 0.2) is 17.1 Å². The Labute approximate surface area is 119 Å². The second kappa shape index (κ2) is 5.70. The van der Waals surface area contributed by atoms with Gasteiger partial charge < -0.3 is 10.1 Å². The molecule has 7 heteroatoms. The summed E-state index contributed by atoms with van der Waals surface area (Å²) in [6, 6.07) is 3.67. The van der Waals surface area contributed by atoms with E-state index in [1.165, 1.54) is 0 Å². The molecule has 0 spiro atoms. The third-order valence-corrected chi connectivity index (χ3v) is 3.59. The van der Waals surface area contributed by atoms with Crippen LogP contribution in [0, 0.1) is 13.8 Å². The first-order valence-electron chi connectivity index (χ1n) is 6.35. The van der Waals surface area contributed by atoms with Gasteiger partial charge in [-0.25, -0.2) is 8.42 Å². The molecule has 0 aliphatic carbocycles. The van der Waals surface area contributed by atoms with Gasteiger partial charge in [0.05, 0.1) is 18.5 Å². The predicted molar refractivity (Wildman–Crippen MR) is 80.2 cm³/mol. The Morgan fingerprint density at radius 3 is 2.75 bits per heavy atom. The van der Waals surface area contributed by atoms with Crippen LogP contribution in [0.4, 0.5) is 5.69 Å². The van der Waals surface area contributed by atoms with Crippen molar-refractivity contribution in [2.24, 2.45) is 4.99 Å². The Morgan fingerprint density at radius 1 is 1.40 bits per heavy atom. The summed E-state index contributed by atoms with van der Waals surface area (Å²) in [5, 5.41) is 3.12. The number of rotatable bonds is 5. The summed E-state index contributed by atoms with van der Waals surface area (Å²) >= 11 is 0. The number of nitrogens with one attached hydrogen (secondary N) is 2. The quantitative estimate of drug-likeness (QED) is 0.851. The highest BCUT2D eigenvalue weighted by atomic mass is 32.2. The van der Waals surface area contributed by atoms with E-state index in [-0.39, 0.29) is 0 Å². The molecule has 0 fully saturated rings. The van der Waals surface area contributed by atoms with Crippen LogP contribution in [-0.2, 0) is 10.0 Å². The fourth-order valence-electron chi connectivity index (χ4n) is 2.02. The van der Waals surface area contributed by atoms with E-state index in [0.717, 1.165) is 36.3 Å². The second-order valence-corrected chi connectivity index (χ2v) is 6.55. The maximum Gasteiger partial charge on any atom is 0.229 e. The van der Waals surface area contributed by atoms with Gasteiger partial charge in [-0.3, -0.25) is 9.71 Å². The molecule has 20 heavy (non-hydrogen) atoms. The third-order valence-electron chi connectivity index (χ3n) is 3.02. The largest absolute Gasteiger partial charge is 0.485 e. The van der Waals surface area contributed by atoms with Crippen molar-refractivity contribution < 1.29 is 13.2 Å². The fourth-order valence-corrected chi connectivity index (χ4v) is 2.70. The second-order valence-electron chi connectivity index (χ2n) is 4.80. The third kappa shape index (κ3) is 3.63. The topological polar surface area (TPSA) is 79.8 Å². The number of aliphatic imine (C=N–C) groups is 1. The van der Waals surface area contributed by atoms with Crippen molar-refractivity contribution in [2.75, 3.05) is 30.7 Å². The van der Waals surface area contributed by atoms with Gasteiger partial charge in [-0.1, -0.05) is 6.07 Å². The summed E-state index contributed by atoms with van der Waals surface area (Å²) in [4.78, 5) is 4.25. The molecule has 1 aromatic rings. The summed E-state index contributed by atoms with van der Waals surface area (Å²) in [7, 11) is -3.31. The van der Waals surface area contributed by atoms with Gasteiger partial charge in [-0.05, 0) is 25.5 Å². The highest BCUT2D eigenvalue weighted by Crippen LogP contribution is 2.29. The summed E-state index contributed by atoms with van der Waals surface area (Å²) in [6.45, 7) is 5.66. The van der Waals surface area contributed by atoms with Gasteiger partial charge >= 0.3 is 0 Å². The Hall–Kier alpha value is -1.76. The Balaban J connectivity index is 2.19. The molecule has 2 N–H and O–H groups in total. The minimum Gasteiger partial charge on any atom is -0.485 e. The van der Waals surface area contributed by atoms with Crippen LogP contribution in [0.3, 0.4) is 0 Å². The first kappa shape index (κ1) is 14.6. The lowest BCUT2D eigenvalue weighted by Gasteiger charge is -2.16. The van der Waals surface area contributed by atoms with Gasteiger partial charge in [0.25, 0.3) is 0 Å². The lowest BCUT2D eigenvalue weighted by Crippen LogP contribution is -2.25. The molecule has 0 saturated heterocycles. The molecule has 0 atom stereocenters. The van der Waals surface area contributed by atoms with E-state index < -0.39 is 10.0 Å². The summed E-state index contributed by atoms with van der Waals surface area (Å²) in [5.74, 6) is 1.47. The van der Waals surface area contributed by atoms with E-state index >= 15 is 0 Å². The predicted octanol–water partition coefficient (Wildman–Crippen LogP) is 1.06. The van der Waals surface area contributed by atoms with Crippen molar-refractivity contribution in [1.82, 2.24) is 5.32 Å². The summed E-state index contributed by atoms with van der Waals surface area (Å²) in [6.07, 6.45) is 1.14. The zero-order chi connectivity index (χ0) is 14.8. The molecule has 0 bridgehead atoms. The van der Waals surface area contributed by atoms with Gasteiger partial charge in [0.15, 0.2) is 0 Å². The van der Waals surface area contributed by atoms with Gasteiger partial charge in [0, 0.05) is 12.1 Å². The van der Waals surface area contributed by atoms with Crippen molar-refractivity contribution in [3.8, 4) is 5.75 Å². The summed E-state index contributed by atoms with van der Waals surface area (Å²) in [5.41, 5.74) is 2.21. The number of benzene rings is 1. The minimum absolute atomic E-state index is 0.363. The van der Waals surface area contributed by atoms with Crippen molar-refractivity contribution in [3.05, 3.63) is 23.3 Å². The van der Waals surface area contributed by atoms with Crippen molar-refractivity contribution in [3.63, 3.8) is 0 Å². The molecule has 110 valence electrons. The maximum atomic E-state index is 11.4. The lowest BCUT2D eigenvalue weighted by atomic mass is 10.1. The molecule has 0 amide bonds. The van der Waals surface area contributed by atoms with Crippen LogP contribution in [0.1, 0.15) is 11.1 Å². The lowest BCUT2D eigenvalue weighted by molar-refractivity contribution is 0.371. The number of nitrogens with zero attached hydrogens (tertiary/aromatic N) is 1. The molecule has 0 radical (unpaired) electrons. The molecular weight excluding hydrogens is 278 g/mol. The van der Waals surface area contributed by atoms with E-state index in [2.05, 4.69) is 15.0 Å². The number of ether oxygens (including phenoxy) is 1. The number of aryl methyl sites for hydroxylation is 1. The number of hydrogen-bond donors (Lipinski definition) is 2. The Kier molecular flexibility index (Phi) is 4.17. The maximum absolute atomic E-state index is 11.4. The number of anilines is 1. The monoisotopic (exact) mass is 297 g/mol. The van der Waals surface area contributed by atoms with E-state index in [0.29, 0.717) is 18.0 Å². The zero-order valence-electron chi connectivity index (χ0n) is 11.9. The molecule has 6 nitrogen and oxygen atoms in total. The van der Waals surface area contributed by atoms with Crippen molar-refractivity contribution >= 4 is 21.5 Å². The number of sulfonamides is 1.